The van der Waals surface area contributed by atoms with Crippen molar-refractivity contribution in [1.82, 2.24) is 4.98 Å². The Balaban J connectivity index is 2.02. The van der Waals surface area contributed by atoms with E-state index in [0.717, 1.165) is 18.3 Å². The van der Waals surface area contributed by atoms with E-state index < -0.39 is 0 Å². The van der Waals surface area contributed by atoms with E-state index in [1.165, 1.54) is 32.1 Å². The molecule has 4 heteroatoms. The Kier molecular flexibility index (Phi) is 4.56. The normalized spacial score (nSPS) is 17.9. The third kappa shape index (κ3) is 3.75. The first-order valence-electron chi connectivity index (χ1n) is 7.16. The zero-order valence-electron chi connectivity index (χ0n) is 11.9. The van der Waals surface area contributed by atoms with Crippen molar-refractivity contribution >= 4 is 23.1 Å². The molecule has 1 aliphatic rings. The molecule has 0 aliphatic heterocycles. The number of nitrogens with two attached hydrogens (primary N) is 1. The molecule has 2 rings (SSSR count). The summed E-state index contributed by atoms with van der Waals surface area (Å²) in [5.41, 5.74) is 6.69. The molecule has 0 atom stereocenters. The Morgan fingerprint density at radius 3 is 2.68 bits per heavy atom. The molecular weight excluding hydrogens is 258 g/mol. The maximum Gasteiger partial charge on any atom is 0.144 e. The van der Waals surface area contributed by atoms with Gasteiger partial charge in [-0.25, -0.2) is 4.98 Å². The number of hydrogen-bond acceptors (Lipinski definition) is 3. The van der Waals surface area contributed by atoms with E-state index in [-0.39, 0.29) is 0 Å². The van der Waals surface area contributed by atoms with Gasteiger partial charge in [-0.15, -0.1) is 0 Å². The van der Waals surface area contributed by atoms with E-state index in [1.807, 2.05) is 0 Å². The minimum Gasteiger partial charge on any atom is -0.397 e. The molecule has 1 aromatic heterocycles. The Morgan fingerprint density at radius 1 is 1.42 bits per heavy atom. The van der Waals surface area contributed by atoms with Crippen molar-refractivity contribution in [3.8, 4) is 0 Å². The summed E-state index contributed by atoms with van der Waals surface area (Å²) in [5, 5.41) is 4.04. The van der Waals surface area contributed by atoms with Gasteiger partial charge in [0.2, 0.25) is 0 Å². The van der Waals surface area contributed by atoms with E-state index in [1.54, 1.807) is 12.3 Å². The van der Waals surface area contributed by atoms with Gasteiger partial charge in [-0.1, -0.05) is 38.3 Å². The Labute approximate surface area is 120 Å². The van der Waals surface area contributed by atoms with E-state index in [4.69, 9.17) is 17.3 Å². The van der Waals surface area contributed by atoms with Crippen LogP contribution in [0.3, 0.4) is 0 Å². The third-order valence-electron chi connectivity index (χ3n) is 4.00. The monoisotopic (exact) mass is 281 g/mol. The van der Waals surface area contributed by atoms with Crippen LogP contribution in [0.5, 0.6) is 0 Å². The first-order chi connectivity index (χ1) is 9.01. The van der Waals surface area contributed by atoms with Crippen LogP contribution in [0.1, 0.15) is 46.0 Å². The predicted octanol–water partition coefficient (Wildman–Crippen LogP) is 4.34. The van der Waals surface area contributed by atoms with Gasteiger partial charge in [0.05, 0.1) is 16.9 Å². The van der Waals surface area contributed by atoms with E-state index in [2.05, 4.69) is 24.1 Å². The number of hydrogen-bond donors (Lipinski definition) is 2. The molecule has 1 saturated carbocycles. The Morgan fingerprint density at radius 2 is 2.11 bits per heavy atom. The minimum atomic E-state index is 0.417. The van der Waals surface area contributed by atoms with Gasteiger partial charge in [0, 0.05) is 6.54 Å². The van der Waals surface area contributed by atoms with Gasteiger partial charge in [0.25, 0.3) is 0 Å². The zero-order valence-corrected chi connectivity index (χ0v) is 12.6. The molecule has 0 amide bonds. The van der Waals surface area contributed by atoms with Gasteiger partial charge in [-0.05, 0) is 36.7 Å². The number of pyridine rings is 1. The SMILES string of the molecule is CC(C)CC1(CNc2ncc(N)cc2Cl)CCCC1. The van der Waals surface area contributed by atoms with E-state index in [9.17, 15) is 0 Å². The molecular formula is C15H24ClN3. The number of nitrogens with zero attached hydrogens (tertiary/aromatic N) is 1. The summed E-state index contributed by atoms with van der Waals surface area (Å²) in [4.78, 5) is 4.28. The summed E-state index contributed by atoms with van der Waals surface area (Å²) >= 11 is 6.16. The van der Waals surface area contributed by atoms with E-state index in [0.29, 0.717) is 16.1 Å². The molecule has 1 heterocycles. The number of nitrogens with one attached hydrogen (secondary N) is 1. The minimum absolute atomic E-state index is 0.417. The summed E-state index contributed by atoms with van der Waals surface area (Å²) in [5.74, 6) is 1.49. The molecule has 1 aliphatic carbocycles. The average Bonchev–Trinajstić information content (AvgIpc) is 2.76. The molecule has 19 heavy (non-hydrogen) atoms. The van der Waals surface area contributed by atoms with Crippen molar-refractivity contribution in [1.29, 1.82) is 0 Å². The Bertz CT molecular complexity index is 425. The summed E-state index contributed by atoms with van der Waals surface area (Å²) in [7, 11) is 0. The molecule has 106 valence electrons. The molecule has 1 aromatic rings. The van der Waals surface area contributed by atoms with Crippen LogP contribution >= 0.6 is 11.6 Å². The maximum atomic E-state index is 6.16. The van der Waals surface area contributed by atoms with Crippen LogP contribution in [0.25, 0.3) is 0 Å². The highest BCUT2D eigenvalue weighted by atomic mass is 35.5. The second-order valence-electron chi connectivity index (χ2n) is 6.26. The van der Waals surface area contributed by atoms with Gasteiger partial charge in [0.15, 0.2) is 0 Å². The second-order valence-corrected chi connectivity index (χ2v) is 6.66. The summed E-state index contributed by atoms with van der Waals surface area (Å²) < 4.78 is 0. The van der Waals surface area contributed by atoms with Crippen LogP contribution in [0.4, 0.5) is 11.5 Å². The molecule has 0 bridgehead atoms. The molecule has 3 N–H and O–H groups in total. The zero-order chi connectivity index (χ0) is 13.9. The molecule has 1 fully saturated rings. The Hall–Kier alpha value is -0.960. The number of halogens is 1. The van der Waals surface area contributed by atoms with Crippen LogP contribution in [0.15, 0.2) is 12.3 Å². The number of nitrogen functional groups attached to an aromatic ring is 1. The lowest BCUT2D eigenvalue weighted by molar-refractivity contribution is 0.252. The van der Waals surface area contributed by atoms with Crippen molar-refractivity contribution in [2.24, 2.45) is 11.3 Å². The van der Waals surface area contributed by atoms with Gasteiger partial charge < -0.3 is 11.1 Å². The van der Waals surface area contributed by atoms with Crippen molar-refractivity contribution in [3.05, 3.63) is 17.3 Å². The van der Waals surface area contributed by atoms with Crippen LogP contribution in [-0.4, -0.2) is 11.5 Å². The van der Waals surface area contributed by atoms with E-state index >= 15 is 0 Å². The highest BCUT2D eigenvalue weighted by Crippen LogP contribution is 2.43. The summed E-state index contributed by atoms with van der Waals surface area (Å²) in [6.45, 7) is 5.56. The molecule has 0 unspecified atom stereocenters. The van der Waals surface area contributed by atoms with Crippen molar-refractivity contribution < 1.29 is 0 Å². The van der Waals surface area contributed by atoms with Crippen molar-refractivity contribution in [3.63, 3.8) is 0 Å². The maximum absolute atomic E-state index is 6.16. The molecule has 0 aromatic carbocycles. The highest BCUT2D eigenvalue weighted by molar-refractivity contribution is 6.33. The standard InChI is InChI=1S/C15H24ClN3/c1-11(2)8-15(5-3-4-6-15)10-19-14-13(16)7-12(17)9-18-14/h7,9,11H,3-6,8,10,17H2,1-2H3,(H,18,19). The fraction of sp³-hybridized carbons (Fsp3) is 0.667. The van der Waals surface area contributed by atoms with Crippen LogP contribution in [0.2, 0.25) is 5.02 Å². The van der Waals surface area contributed by atoms with Gasteiger partial charge >= 0.3 is 0 Å². The van der Waals surface area contributed by atoms with Crippen LogP contribution < -0.4 is 11.1 Å². The lowest BCUT2D eigenvalue weighted by atomic mass is 9.78. The van der Waals surface area contributed by atoms with Crippen molar-refractivity contribution in [2.75, 3.05) is 17.6 Å². The predicted molar refractivity (Wildman–Crippen MR) is 82.5 cm³/mol. The molecule has 0 saturated heterocycles. The topological polar surface area (TPSA) is 50.9 Å². The lowest BCUT2D eigenvalue weighted by Crippen LogP contribution is -2.28. The van der Waals surface area contributed by atoms with Crippen LogP contribution in [-0.2, 0) is 0 Å². The molecule has 3 nitrogen and oxygen atoms in total. The van der Waals surface area contributed by atoms with Gasteiger partial charge in [0.1, 0.15) is 5.82 Å². The number of aromatic nitrogens is 1. The van der Waals surface area contributed by atoms with Gasteiger partial charge in [-0.3, -0.25) is 0 Å². The summed E-state index contributed by atoms with van der Waals surface area (Å²) in [6.07, 6.45) is 8.23. The second kappa shape index (κ2) is 6.00. The quantitative estimate of drug-likeness (QED) is 0.844. The molecule has 0 radical (unpaired) electrons. The summed E-state index contributed by atoms with van der Waals surface area (Å²) in [6, 6.07) is 1.75. The number of rotatable bonds is 5. The lowest BCUT2D eigenvalue weighted by Gasteiger charge is -2.31. The molecule has 0 spiro atoms. The fourth-order valence-electron chi connectivity index (χ4n) is 3.30. The van der Waals surface area contributed by atoms with Crippen LogP contribution in [0, 0.1) is 11.3 Å². The van der Waals surface area contributed by atoms with Crippen molar-refractivity contribution in [2.45, 2.75) is 46.0 Å². The fourth-order valence-corrected chi connectivity index (χ4v) is 3.54. The smallest absolute Gasteiger partial charge is 0.144 e. The van der Waals surface area contributed by atoms with Gasteiger partial charge in [-0.2, -0.15) is 0 Å². The average molecular weight is 282 g/mol. The first kappa shape index (κ1) is 14.4. The third-order valence-corrected chi connectivity index (χ3v) is 4.29. The largest absolute Gasteiger partial charge is 0.397 e. The highest BCUT2D eigenvalue weighted by Gasteiger charge is 2.34. The number of anilines is 2. The first-order valence-corrected chi connectivity index (χ1v) is 7.53.